The topological polar surface area (TPSA) is 114 Å². The molecule has 230 valence electrons. The highest BCUT2D eigenvalue weighted by molar-refractivity contribution is 7.17. The van der Waals surface area contributed by atoms with Crippen molar-refractivity contribution in [2.45, 2.75) is 56.7 Å². The molecule has 0 spiro atoms. The minimum absolute atomic E-state index is 0.00277. The number of aromatic nitrogens is 2. The van der Waals surface area contributed by atoms with E-state index in [2.05, 4.69) is 10.3 Å². The van der Waals surface area contributed by atoms with Gasteiger partial charge in [-0.25, -0.2) is 9.37 Å². The van der Waals surface area contributed by atoms with E-state index < -0.39 is 17.7 Å². The molecule has 4 aromatic rings. The lowest BCUT2D eigenvalue weighted by Crippen LogP contribution is -2.40. The highest BCUT2D eigenvalue weighted by atomic mass is 35.5. The van der Waals surface area contributed by atoms with Gasteiger partial charge in [0.1, 0.15) is 5.82 Å². The molecule has 1 aliphatic heterocycles. The summed E-state index contributed by atoms with van der Waals surface area (Å²) in [7, 11) is 0. The molecule has 1 saturated heterocycles. The largest absolute Gasteiger partial charge is 0.481 e. The average molecular weight is 639 g/mol. The molecule has 1 saturated carbocycles. The number of thiophene rings is 1. The first-order chi connectivity index (χ1) is 21.3. The van der Waals surface area contributed by atoms with Crippen molar-refractivity contribution < 1.29 is 28.6 Å². The first-order valence-corrected chi connectivity index (χ1v) is 15.9. The second-order valence-corrected chi connectivity index (χ2v) is 12.8. The van der Waals surface area contributed by atoms with Crippen LogP contribution in [0.4, 0.5) is 10.1 Å². The summed E-state index contributed by atoms with van der Waals surface area (Å²) in [6, 6.07) is 9.85. The summed E-state index contributed by atoms with van der Waals surface area (Å²) >= 11 is 7.93. The summed E-state index contributed by atoms with van der Waals surface area (Å²) < 4.78 is 24.5. The van der Waals surface area contributed by atoms with Crippen molar-refractivity contribution in [1.29, 1.82) is 0 Å². The van der Waals surface area contributed by atoms with E-state index in [0.717, 1.165) is 16.2 Å². The predicted octanol–water partition coefficient (Wildman–Crippen LogP) is 6.19. The highest BCUT2D eigenvalue weighted by Gasteiger charge is 2.37. The molecule has 0 bridgehead atoms. The van der Waals surface area contributed by atoms with Crippen LogP contribution in [0.15, 0.2) is 60.5 Å². The Morgan fingerprint density at radius 3 is 2.70 bits per heavy atom. The lowest BCUT2D eigenvalue weighted by atomic mass is 9.87. The van der Waals surface area contributed by atoms with Crippen LogP contribution in [-0.2, 0) is 20.7 Å². The molecule has 9 nitrogen and oxygen atoms in total. The molecule has 0 unspecified atom stereocenters. The number of imidazole rings is 1. The number of anilines is 1. The van der Waals surface area contributed by atoms with Gasteiger partial charge in [-0.15, -0.1) is 11.3 Å². The van der Waals surface area contributed by atoms with Crippen LogP contribution in [0.2, 0.25) is 5.02 Å². The van der Waals surface area contributed by atoms with E-state index in [9.17, 15) is 19.5 Å². The fourth-order valence-electron chi connectivity index (χ4n) is 6.21. The summed E-state index contributed by atoms with van der Waals surface area (Å²) in [5.74, 6) is -2.39. The average Bonchev–Trinajstić information content (AvgIpc) is 3.78. The van der Waals surface area contributed by atoms with Gasteiger partial charge in [-0.2, -0.15) is 0 Å². The van der Waals surface area contributed by atoms with E-state index in [1.807, 2.05) is 35.0 Å². The number of halogens is 2. The number of fused-ring (bicyclic) bond motifs is 1. The quantitative estimate of drug-likeness (QED) is 0.226. The van der Waals surface area contributed by atoms with Crippen LogP contribution in [-0.4, -0.2) is 62.6 Å². The second-order valence-electron chi connectivity index (χ2n) is 11.4. The third-order valence-corrected chi connectivity index (χ3v) is 9.93. The number of hydrogen-bond acceptors (Lipinski definition) is 6. The molecule has 2 aromatic heterocycles. The van der Waals surface area contributed by atoms with Crippen LogP contribution in [0, 0.1) is 11.7 Å². The number of likely N-dealkylation sites (tertiary alicyclic amines) is 1. The van der Waals surface area contributed by atoms with Gasteiger partial charge >= 0.3 is 5.97 Å². The standard InChI is InChI=1S/C32H32ClFN4O5S/c33-26-11-20(27(34)14-28(26)36-31(40)25-17-44-29-4-2-1-3-24(25)29)12-30(39)38-15-21(37-10-9-35-18-37)13-22(38)16-43-23-7-5-19(6-8-23)32(41)42/h1-4,9-11,14,17-19,21-23H,5-8,12-13,15-16H2,(H,36,40)(H,41,42)/t19?,21-,22-,23?/m0/s1. The molecule has 12 heteroatoms. The van der Waals surface area contributed by atoms with Gasteiger partial charge in [0.2, 0.25) is 5.91 Å². The van der Waals surface area contributed by atoms with E-state index >= 15 is 4.39 Å². The first-order valence-electron chi connectivity index (χ1n) is 14.6. The fraction of sp³-hybridized carbons (Fsp3) is 0.375. The number of benzene rings is 2. The Morgan fingerprint density at radius 2 is 1.95 bits per heavy atom. The molecule has 1 aliphatic carbocycles. The third-order valence-electron chi connectivity index (χ3n) is 8.66. The summed E-state index contributed by atoms with van der Waals surface area (Å²) in [6.45, 7) is 0.734. The Labute approximate surface area is 262 Å². The maximum Gasteiger partial charge on any atom is 0.306 e. The molecular weight excluding hydrogens is 607 g/mol. The number of rotatable bonds is 9. The van der Waals surface area contributed by atoms with Crippen molar-refractivity contribution in [3.05, 3.63) is 82.5 Å². The molecular formula is C32H32ClFN4O5S. The number of nitrogens with zero attached hydrogens (tertiary/aromatic N) is 3. The Morgan fingerprint density at radius 1 is 1.16 bits per heavy atom. The molecule has 2 amide bonds. The zero-order valence-electron chi connectivity index (χ0n) is 23.8. The van der Waals surface area contributed by atoms with Crippen LogP contribution in [0.3, 0.4) is 0 Å². The lowest BCUT2D eigenvalue weighted by Gasteiger charge is -2.30. The first kappa shape index (κ1) is 30.2. The van der Waals surface area contributed by atoms with E-state index in [-0.39, 0.29) is 52.7 Å². The van der Waals surface area contributed by atoms with Gasteiger partial charge < -0.3 is 24.6 Å². The van der Waals surface area contributed by atoms with Crippen LogP contribution < -0.4 is 5.32 Å². The zero-order chi connectivity index (χ0) is 30.8. The number of nitrogens with one attached hydrogen (secondary N) is 1. The Balaban J connectivity index is 1.13. The molecule has 2 aromatic carbocycles. The van der Waals surface area contributed by atoms with Gasteiger partial charge in [0.15, 0.2) is 0 Å². The molecule has 0 radical (unpaired) electrons. The molecule has 2 aliphatic rings. The summed E-state index contributed by atoms with van der Waals surface area (Å²) in [4.78, 5) is 43.8. The number of carboxylic acids is 1. The number of hydrogen-bond donors (Lipinski definition) is 2. The van der Waals surface area contributed by atoms with Crippen molar-refractivity contribution in [2.24, 2.45) is 5.92 Å². The van der Waals surface area contributed by atoms with Crippen LogP contribution in [0.25, 0.3) is 10.1 Å². The van der Waals surface area contributed by atoms with Crippen molar-refractivity contribution in [2.75, 3.05) is 18.5 Å². The van der Waals surface area contributed by atoms with Crippen LogP contribution in [0.1, 0.15) is 54.1 Å². The molecule has 6 rings (SSSR count). The highest BCUT2D eigenvalue weighted by Crippen LogP contribution is 2.33. The van der Waals surface area contributed by atoms with Gasteiger partial charge in [0.25, 0.3) is 5.91 Å². The number of carboxylic acid groups (broad SMARTS) is 1. The Kier molecular flexibility index (Phi) is 8.97. The van der Waals surface area contributed by atoms with Gasteiger partial charge in [-0.1, -0.05) is 29.8 Å². The predicted molar refractivity (Wildman–Crippen MR) is 166 cm³/mol. The van der Waals surface area contributed by atoms with Crippen molar-refractivity contribution >= 4 is 56.5 Å². The molecule has 3 heterocycles. The number of aliphatic carboxylic acids is 1. The summed E-state index contributed by atoms with van der Waals surface area (Å²) in [6.07, 6.45) is 8.14. The minimum atomic E-state index is -0.766. The smallest absolute Gasteiger partial charge is 0.306 e. The zero-order valence-corrected chi connectivity index (χ0v) is 25.4. The van der Waals surface area contributed by atoms with Crippen molar-refractivity contribution in [1.82, 2.24) is 14.5 Å². The normalized spacial score (nSPS) is 21.9. The maximum absolute atomic E-state index is 15.3. The van der Waals surface area contributed by atoms with Gasteiger partial charge in [0, 0.05) is 34.4 Å². The van der Waals surface area contributed by atoms with Gasteiger partial charge in [-0.05, 0) is 55.9 Å². The van der Waals surface area contributed by atoms with E-state index in [1.54, 1.807) is 22.8 Å². The number of carbonyl (C=O) groups is 3. The summed E-state index contributed by atoms with van der Waals surface area (Å²) in [5.41, 5.74) is 0.744. The Bertz CT molecular complexity index is 1670. The van der Waals surface area contributed by atoms with Gasteiger partial charge in [0.05, 0.1) is 59.7 Å². The summed E-state index contributed by atoms with van der Waals surface area (Å²) in [5, 5.41) is 14.7. The molecule has 2 N–H and O–H groups in total. The fourth-order valence-corrected chi connectivity index (χ4v) is 7.38. The van der Waals surface area contributed by atoms with E-state index in [1.165, 1.54) is 17.4 Å². The second kappa shape index (κ2) is 13.1. The van der Waals surface area contributed by atoms with Gasteiger partial charge in [-0.3, -0.25) is 14.4 Å². The number of carbonyl (C=O) groups excluding carboxylic acids is 2. The third kappa shape index (κ3) is 6.50. The lowest BCUT2D eigenvalue weighted by molar-refractivity contribution is -0.144. The SMILES string of the molecule is O=C(Nc1cc(F)c(CC(=O)N2C[C@@H](n3ccnc3)C[C@H]2COC2CCC(C(=O)O)CC2)cc1Cl)c1csc2ccccc12. The van der Waals surface area contributed by atoms with Crippen LogP contribution >= 0.6 is 22.9 Å². The van der Waals surface area contributed by atoms with Crippen molar-refractivity contribution in [3.63, 3.8) is 0 Å². The monoisotopic (exact) mass is 638 g/mol. The molecule has 44 heavy (non-hydrogen) atoms. The maximum atomic E-state index is 15.3. The molecule has 2 atom stereocenters. The minimum Gasteiger partial charge on any atom is -0.481 e. The van der Waals surface area contributed by atoms with E-state index in [0.29, 0.717) is 50.8 Å². The number of ether oxygens (including phenoxy) is 1. The number of amides is 2. The molecule has 2 fully saturated rings. The van der Waals surface area contributed by atoms with E-state index in [4.69, 9.17) is 16.3 Å². The Hall–Kier alpha value is -3.80. The van der Waals surface area contributed by atoms with Crippen molar-refractivity contribution in [3.8, 4) is 0 Å². The van der Waals surface area contributed by atoms with Crippen LogP contribution in [0.5, 0.6) is 0 Å².